The first kappa shape index (κ1) is 28.6. The molecule has 0 radical (unpaired) electrons. The number of furan rings is 1. The minimum atomic E-state index is -4.59. The molecule has 2 aliphatic heterocycles. The first-order valence-electron chi connectivity index (χ1n) is 12.9. The number of nitrogens with one attached hydrogen (secondary N) is 1. The Hall–Kier alpha value is -3.90. The van der Waals surface area contributed by atoms with Gasteiger partial charge in [-0.15, -0.1) is 0 Å². The number of allylic oxidation sites excluding steroid dienone is 1. The van der Waals surface area contributed by atoms with Crippen LogP contribution >= 0.6 is 0 Å². The van der Waals surface area contributed by atoms with Gasteiger partial charge in [-0.1, -0.05) is 18.2 Å². The van der Waals surface area contributed by atoms with Gasteiger partial charge in [-0.25, -0.2) is 8.42 Å². The number of nitriles is 1. The summed E-state index contributed by atoms with van der Waals surface area (Å²) in [4.78, 5) is 3.91. The van der Waals surface area contributed by atoms with E-state index in [4.69, 9.17) is 14.3 Å². The number of benzene rings is 2. The van der Waals surface area contributed by atoms with E-state index in [2.05, 4.69) is 35.0 Å². The van der Waals surface area contributed by atoms with Crippen LogP contribution in [0.3, 0.4) is 0 Å². The van der Waals surface area contributed by atoms with Crippen molar-refractivity contribution in [2.45, 2.75) is 24.5 Å². The lowest BCUT2D eigenvalue weighted by molar-refractivity contribution is -0.176. The number of aliphatic hydroxyl groups is 4. The molecule has 3 heterocycles. The second-order valence-corrected chi connectivity index (χ2v) is 11.7. The molecular formula is C28H30N4O8S. The minimum absolute atomic E-state index is 0.0824. The largest absolute Gasteiger partial charge is 0.512 e. The smallest absolute Gasteiger partial charge is 0.251 e. The Kier molecular flexibility index (Phi) is 8.05. The number of hydrogen-bond donors (Lipinski definition) is 5. The monoisotopic (exact) mass is 582 g/mol. The molecule has 41 heavy (non-hydrogen) atoms. The topological polar surface area (TPSA) is 180 Å². The number of likely N-dealkylation sites (N-methyl/N-ethyl adjacent to an activating group) is 1. The van der Waals surface area contributed by atoms with Gasteiger partial charge in [0.2, 0.25) is 6.29 Å². The lowest BCUT2D eigenvalue weighted by Gasteiger charge is -2.36. The van der Waals surface area contributed by atoms with E-state index in [1.54, 1.807) is 12.1 Å². The van der Waals surface area contributed by atoms with Gasteiger partial charge in [0.15, 0.2) is 10.7 Å². The van der Waals surface area contributed by atoms with Crippen LogP contribution in [0.1, 0.15) is 5.76 Å². The van der Waals surface area contributed by atoms with Crippen LogP contribution < -0.4 is 9.62 Å². The van der Waals surface area contributed by atoms with Gasteiger partial charge in [-0.05, 0) is 48.2 Å². The number of hydrogen-bond acceptors (Lipinski definition) is 11. The zero-order chi connectivity index (χ0) is 29.3. The Bertz CT molecular complexity index is 1640. The van der Waals surface area contributed by atoms with Crippen molar-refractivity contribution in [2.24, 2.45) is 0 Å². The predicted octanol–water partition coefficient (Wildman–Crippen LogP) is 1.47. The van der Waals surface area contributed by atoms with Crippen molar-refractivity contribution in [3.8, 4) is 17.4 Å². The van der Waals surface area contributed by atoms with Gasteiger partial charge in [0.25, 0.3) is 10.0 Å². The lowest BCUT2D eigenvalue weighted by Crippen LogP contribution is -2.59. The third-order valence-corrected chi connectivity index (χ3v) is 8.61. The summed E-state index contributed by atoms with van der Waals surface area (Å²) < 4.78 is 38.4. The maximum absolute atomic E-state index is 12.9. The Labute approximate surface area is 236 Å². The van der Waals surface area contributed by atoms with E-state index in [1.807, 2.05) is 22.9 Å². The van der Waals surface area contributed by atoms with E-state index in [0.717, 1.165) is 48.6 Å². The summed E-state index contributed by atoms with van der Waals surface area (Å²) in [5, 5.41) is 50.9. The third-order valence-electron chi connectivity index (χ3n) is 7.24. The zero-order valence-corrected chi connectivity index (χ0v) is 22.9. The highest BCUT2D eigenvalue weighted by atomic mass is 32.2. The van der Waals surface area contributed by atoms with Gasteiger partial charge in [0, 0.05) is 43.5 Å². The predicted molar refractivity (Wildman–Crippen MR) is 151 cm³/mol. The highest BCUT2D eigenvalue weighted by Crippen LogP contribution is 2.30. The Morgan fingerprint density at radius 3 is 2.46 bits per heavy atom. The van der Waals surface area contributed by atoms with Gasteiger partial charge in [-0.3, -0.25) is 0 Å². The van der Waals surface area contributed by atoms with Gasteiger partial charge < -0.3 is 39.4 Å². The SMILES string of the molecule is CN1CCN(c2ccc3cc(-c4ccc(/C=C(\C#N)S(=O)(=O)NC5C(O)O/C(=C/O)[C@@H](O)[C@@H]5O)o4)ccc3c2)CC1. The standard InChI is InChI=1S/C28H30N4O8S/c1-31-8-10-32(11-9-31)20-5-4-17-12-19(3-2-18(17)13-20)23-7-6-21(39-23)14-22(15-29)41(37,38)30-25-27(35)26(34)24(16-33)40-28(25)36/h2-7,12-14,16,25-28,30,33-36H,8-11H2,1H3/b22-14+,24-16+/t25?,26-,27-,28?/m1/s1. The molecule has 1 aromatic heterocycles. The van der Waals surface area contributed by atoms with Crippen molar-refractivity contribution in [3.63, 3.8) is 0 Å². The van der Waals surface area contributed by atoms with E-state index >= 15 is 0 Å². The van der Waals surface area contributed by atoms with E-state index in [1.165, 1.54) is 11.8 Å². The van der Waals surface area contributed by atoms with Crippen LogP contribution in [0.25, 0.3) is 28.2 Å². The van der Waals surface area contributed by atoms with Gasteiger partial charge in [-0.2, -0.15) is 9.98 Å². The van der Waals surface area contributed by atoms with E-state index in [-0.39, 0.29) is 5.76 Å². The fourth-order valence-corrected chi connectivity index (χ4v) is 5.96. The number of aliphatic hydroxyl groups excluding tert-OH is 4. The summed E-state index contributed by atoms with van der Waals surface area (Å²) in [6.07, 6.45) is -4.26. The molecule has 2 saturated heterocycles. The molecule has 0 saturated carbocycles. The summed E-state index contributed by atoms with van der Waals surface area (Å²) in [7, 11) is -2.47. The third kappa shape index (κ3) is 5.94. The van der Waals surface area contributed by atoms with E-state index in [0.29, 0.717) is 12.0 Å². The van der Waals surface area contributed by atoms with Crippen LogP contribution in [0.2, 0.25) is 0 Å². The maximum Gasteiger partial charge on any atom is 0.251 e. The fraction of sp³-hybridized carbons (Fsp3) is 0.321. The molecule has 0 amide bonds. The Balaban J connectivity index is 1.34. The van der Waals surface area contributed by atoms with Crippen molar-refractivity contribution in [1.29, 1.82) is 5.26 Å². The first-order valence-corrected chi connectivity index (χ1v) is 14.3. The Morgan fingerprint density at radius 2 is 1.76 bits per heavy atom. The normalized spacial score (nSPS) is 25.3. The van der Waals surface area contributed by atoms with Gasteiger partial charge >= 0.3 is 0 Å². The highest BCUT2D eigenvalue weighted by Gasteiger charge is 2.44. The summed E-state index contributed by atoms with van der Waals surface area (Å²) in [6, 6.07) is 15.2. The molecule has 12 nitrogen and oxygen atoms in total. The van der Waals surface area contributed by atoms with Gasteiger partial charge in [0.05, 0.1) is 0 Å². The average molecular weight is 583 g/mol. The maximum atomic E-state index is 12.9. The number of sulfonamides is 1. The molecule has 0 spiro atoms. The number of nitrogens with zero attached hydrogens (tertiary/aromatic N) is 3. The van der Waals surface area contributed by atoms with Crippen LogP contribution in [0.15, 0.2) is 69.9 Å². The summed E-state index contributed by atoms with van der Waals surface area (Å²) in [5.41, 5.74) is 1.93. The minimum Gasteiger partial charge on any atom is -0.512 e. The number of fused-ring (bicyclic) bond motifs is 1. The van der Waals surface area contributed by atoms with Crippen molar-refractivity contribution in [3.05, 3.63) is 71.2 Å². The fourth-order valence-electron chi connectivity index (χ4n) is 4.83. The lowest BCUT2D eigenvalue weighted by atomic mass is 10.0. The van der Waals surface area contributed by atoms with Crippen LogP contribution in [0, 0.1) is 11.3 Å². The highest BCUT2D eigenvalue weighted by molar-refractivity contribution is 7.93. The van der Waals surface area contributed by atoms with E-state index < -0.39 is 45.2 Å². The molecule has 13 heteroatoms. The quantitative estimate of drug-likeness (QED) is 0.210. The van der Waals surface area contributed by atoms with Crippen LogP contribution in [-0.2, 0) is 14.8 Å². The number of rotatable bonds is 6. The number of ether oxygens (including phenoxy) is 1. The molecule has 3 aromatic rings. The van der Waals surface area contributed by atoms with Crippen molar-refractivity contribution in [2.75, 3.05) is 38.1 Å². The Morgan fingerprint density at radius 1 is 1.05 bits per heavy atom. The molecule has 0 aliphatic carbocycles. The van der Waals surface area contributed by atoms with Crippen LogP contribution in [0.4, 0.5) is 5.69 Å². The van der Waals surface area contributed by atoms with Crippen molar-refractivity contribution < 1.29 is 38.0 Å². The van der Waals surface area contributed by atoms with Crippen LogP contribution in [-0.4, -0.2) is 91.5 Å². The summed E-state index contributed by atoms with van der Waals surface area (Å²) in [6.45, 7) is 3.97. The average Bonchev–Trinajstić information content (AvgIpc) is 3.44. The van der Waals surface area contributed by atoms with Crippen molar-refractivity contribution >= 4 is 32.6 Å². The molecule has 216 valence electrons. The van der Waals surface area contributed by atoms with Gasteiger partial charge in [0.1, 0.15) is 42.1 Å². The number of anilines is 1. The molecule has 5 rings (SSSR count). The van der Waals surface area contributed by atoms with Crippen LogP contribution in [0.5, 0.6) is 0 Å². The first-order chi connectivity index (χ1) is 19.6. The zero-order valence-electron chi connectivity index (χ0n) is 22.1. The second kappa shape index (κ2) is 11.5. The molecule has 2 unspecified atom stereocenters. The molecule has 4 atom stereocenters. The molecule has 2 aromatic carbocycles. The summed E-state index contributed by atoms with van der Waals surface area (Å²) in [5.74, 6) is 0.00430. The molecule has 2 aliphatic rings. The molecule has 2 fully saturated rings. The molecular weight excluding hydrogens is 552 g/mol. The second-order valence-electron chi connectivity index (χ2n) is 9.98. The van der Waals surface area contributed by atoms with Crippen molar-refractivity contribution in [1.82, 2.24) is 9.62 Å². The summed E-state index contributed by atoms with van der Waals surface area (Å²) >= 11 is 0. The molecule has 0 bridgehead atoms. The number of piperazine rings is 1. The van der Waals surface area contributed by atoms with E-state index in [9.17, 15) is 29.0 Å². The molecule has 5 N–H and O–H groups in total.